The van der Waals surface area contributed by atoms with Gasteiger partial charge in [0.25, 0.3) is 0 Å². The number of carbonyl (C=O) groups is 2. The van der Waals surface area contributed by atoms with Crippen molar-refractivity contribution >= 4 is 11.9 Å². The highest BCUT2D eigenvalue weighted by molar-refractivity contribution is 5.70. The Morgan fingerprint density at radius 1 is 0.600 bits per heavy atom. The van der Waals surface area contributed by atoms with Gasteiger partial charge < -0.3 is 64.2 Å². The van der Waals surface area contributed by atoms with Crippen molar-refractivity contribution in [1.82, 2.24) is 0 Å². The van der Waals surface area contributed by atoms with Crippen molar-refractivity contribution in [1.29, 1.82) is 0 Å². The molecule has 0 bridgehead atoms. The number of rotatable bonds is 28. The average Bonchev–Trinajstić information content (AvgIpc) is 3.18. The average molecular weight is 789 g/mol. The second-order valence-electron chi connectivity index (χ2n) is 14.1. The van der Waals surface area contributed by atoms with E-state index in [1.165, 1.54) is 0 Å². The lowest BCUT2D eigenvalue weighted by atomic mass is 9.98. The molecule has 15 heteroatoms. The minimum absolute atomic E-state index is 0.152. The molecule has 7 N–H and O–H groups in total. The third kappa shape index (κ3) is 19.1. The fourth-order valence-electron chi connectivity index (χ4n) is 5.97. The van der Waals surface area contributed by atoms with Gasteiger partial charge in [0.1, 0.15) is 55.4 Å². The Morgan fingerprint density at radius 2 is 1.15 bits per heavy atom. The van der Waals surface area contributed by atoms with Gasteiger partial charge in [0.15, 0.2) is 18.7 Å². The lowest BCUT2D eigenvalue weighted by Crippen LogP contribution is -2.61. The van der Waals surface area contributed by atoms with Crippen LogP contribution in [0.25, 0.3) is 0 Å². The first kappa shape index (κ1) is 48.9. The van der Waals surface area contributed by atoms with Gasteiger partial charge in [-0.05, 0) is 44.9 Å². The molecule has 0 amide bonds. The van der Waals surface area contributed by atoms with Crippen LogP contribution in [0.4, 0.5) is 0 Å². The molecule has 0 aromatic rings. The van der Waals surface area contributed by atoms with Crippen LogP contribution in [0.5, 0.6) is 0 Å². The number of aliphatic hydroxyl groups excluding tert-OH is 7. The highest BCUT2D eigenvalue weighted by Crippen LogP contribution is 2.26. The van der Waals surface area contributed by atoms with E-state index in [1.807, 2.05) is 6.92 Å². The molecule has 0 spiro atoms. The molecular formula is C40H68O15. The summed E-state index contributed by atoms with van der Waals surface area (Å²) in [6.07, 6.45) is 9.11. The molecule has 0 radical (unpaired) electrons. The van der Waals surface area contributed by atoms with Gasteiger partial charge in [-0.1, -0.05) is 88.8 Å². The standard InChI is InChI=1S/C40H68O15/c1-3-5-7-8-9-10-11-12-13-14-15-16-17-18-19-20-21-23-32(43)53-28(25-50-31(42)22-6-4-2)26-51-39-38(49)36(47)34(45)30(55-39)27-52-40-37(48)35(46)33(44)29(24-41)54-40/h5,7,9-10,12-13,28-30,33-41,44-49H,3-4,6,8,11,14-27H2,1-2H3/b7-5-,10-9-,13-12-. The summed E-state index contributed by atoms with van der Waals surface area (Å²) in [5.74, 6) is -0.983. The fourth-order valence-corrected chi connectivity index (χ4v) is 5.97. The molecule has 2 fully saturated rings. The molecule has 0 saturated carbocycles. The first-order valence-corrected chi connectivity index (χ1v) is 20.1. The summed E-state index contributed by atoms with van der Waals surface area (Å²) in [5.41, 5.74) is 0. The van der Waals surface area contributed by atoms with E-state index in [9.17, 15) is 45.3 Å². The van der Waals surface area contributed by atoms with Crippen LogP contribution in [0, 0.1) is 0 Å². The SMILES string of the molecule is CC/C=C\C/C=C\C/C=C\CCCCCCCCCC(=O)OC(COC(=O)CCCC)COC1OC(COC2OC(CO)C(O)C(O)C2O)C(O)C(O)C1O. The monoisotopic (exact) mass is 788 g/mol. The van der Waals surface area contributed by atoms with Crippen molar-refractivity contribution in [3.8, 4) is 0 Å². The maximum Gasteiger partial charge on any atom is 0.306 e. The van der Waals surface area contributed by atoms with Crippen LogP contribution in [0.2, 0.25) is 0 Å². The summed E-state index contributed by atoms with van der Waals surface area (Å²) in [6, 6.07) is 0. The van der Waals surface area contributed by atoms with Crippen LogP contribution in [-0.2, 0) is 38.0 Å². The quantitative estimate of drug-likeness (QED) is 0.0343. The van der Waals surface area contributed by atoms with Crippen molar-refractivity contribution in [2.45, 2.75) is 178 Å². The number of allylic oxidation sites excluding steroid dienone is 6. The van der Waals surface area contributed by atoms with Crippen LogP contribution in [-0.4, -0.2) is 142 Å². The molecule has 318 valence electrons. The molecule has 2 saturated heterocycles. The van der Waals surface area contributed by atoms with Crippen LogP contribution in [0.15, 0.2) is 36.5 Å². The normalized spacial score (nSPS) is 29.3. The zero-order chi connectivity index (χ0) is 40.4. The van der Waals surface area contributed by atoms with Crippen LogP contribution in [0.1, 0.15) is 110 Å². The Morgan fingerprint density at radius 3 is 1.78 bits per heavy atom. The number of esters is 2. The largest absolute Gasteiger partial charge is 0.462 e. The Bertz CT molecular complexity index is 1110. The summed E-state index contributed by atoms with van der Waals surface area (Å²) >= 11 is 0. The van der Waals surface area contributed by atoms with Crippen molar-refractivity contribution in [3.63, 3.8) is 0 Å². The molecule has 0 aliphatic carbocycles. The molecular weight excluding hydrogens is 720 g/mol. The van der Waals surface area contributed by atoms with Crippen LogP contribution in [0.3, 0.4) is 0 Å². The smallest absolute Gasteiger partial charge is 0.306 e. The van der Waals surface area contributed by atoms with Gasteiger partial charge in [-0.15, -0.1) is 0 Å². The molecule has 15 nitrogen and oxygen atoms in total. The summed E-state index contributed by atoms with van der Waals surface area (Å²) < 4.78 is 33.0. The fraction of sp³-hybridized carbons (Fsp3) is 0.800. The predicted octanol–water partition coefficient (Wildman–Crippen LogP) is 2.64. The number of hydrogen-bond acceptors (Lipinski definition) is 15. The van der Waals surface area contributed by atoms with Crippen molar-refractivity contribution in [3.05, 3.63) is 36.5 Å². The summed E-state index contributed by atoms with van der Waals surface area (Å²) in [7, 11) is 0. The highest BCUT2D eigenvalue weighted by Gasteiger charge is 2.47. The Hall–Kier alpha value is -2.28. The lowest BCUT2D eigenvalue weighted by Gasteiger charge is -2.42. The third-order valence-corrected chi connectivity index (χ3v) is 9.38. The van der Waals surface area contributed by atoms with E-state index in [2.05, 4.69) is 43.4 Å². The molecule has 11 atom stereocenters. The molecule has 0 aromatic carbocycles. The molecule has 2 aliphatic heterocycles. The van der Waals surface area contributed by atoms with E-state index in [4.69, 9.17) is 28.4 Å². The van der Waals surface area contributed by atoms with Crippen molar-refractivity contribution < 1.29 is 73.8 Å². The molecule has 2 rings (SSSR count). The summed E-state index contributed by atoms with van der Waals surface area (Å²) in [4.78, 5) is 25.0. The second-order valence-corrected chi connectivity index (χ2v) is 14.1. The van der Waals surface area contributed by atoms with Gasteiger partial charge in [-0.3, -0.25) is 9.59 Å². The van der Waals surface area contributed by atoms with Gasteiger partial charge in [0, 0.05) is 12.8 Å². The molecule has 11 unspecified atom stereocenters. The Balaban J connectivity index is 1.78. The molecule has 2 aliphatic rings. The van der Waals surface area contributed by atoms with Gasteiger partial charge in [-0.2, -0.15) is 0 Å². The summed E-state index contributed by atoms with van der Waals surface area (Å²) in [5, 5.41) is 71.3. The maximum atomic E-state index is 12.8. The first-order chi connectivity index (χ1) is 26.5. The zero-order valence-corrected chi connectivity index (χ0v) is 32.6. The Kier molecular flexibility index (Phi) is 25.8. The minimum atomic E-state index is -1.76. The molecule has 0 aromatic heterocycles. The van der Waals surface area contributed by atoms with E-state index < -0.39 is 92.7 Å². The van der Waals surface area contributed by atoms with E-state index in [-0.39, 0.29) is 26.1 Å². The first-order valence-electron chi connectivity index (χ1n) is 20.1. The predicted molar refractivity (Wildman–Crippen MR) is 201 cm³/mol. The zero-order valence-electron chi connectivity index (χ0n) is 32.6. The van der Waals surface area contributed by atoms with Gasteiger partial charge in [-0.25, -0.2) is 0 Å². The Labute approximate surface area is 325 Å². The van der Waals surface area contributed by atoms with E-state index in [1.54, 1.807) is 0 Å². The highest BCUT2D eigenvalue weighted by atomic mass is 16.7. The van der Waals surface area contributed by atoms with Crippen LogP contribution >= 0.6 is 0 Å². The number of aliphatic hydroxyl groups is 7. The minimum Gasteiger partial charge on any atom is -0.462 e. The second kappa shape index (κ2) is 29.0. The van der Waals surface area contributed by atoms with Crippen molar-refractivity contribution in [2.75, 3.05) is 26.4 Å². The number of carbonyl (C=O) groups excluding carboxylic acids is 2. The van der Waals surface area contributed by atoms with Gasteiger partial charge in [0.05, 0.1) is 19.8 Å². The topological polar surface area (TPSA) is 231 Å². The van der Waals surface area contributed by atoms with Crippen LogP contribution < -0.4 is 0 Å². The van der Waals surface area contributed by atoms with E-state index in [0.29, 0.717) is 12.8 Å². The van der Waals surface area contributed by atoms with Gasteiger partial charge >= 0.3 is 11.9 Å². The van der Waals surface area contributed by atoms with E-state index in [0.717, 1.165) is 70.6 Å². The number of hydrogen-bond donors (Lipinski definition) is 7. The number of ether oxygens (including phenoxy) is 6. The van der Waals surface area contributed by atoms with Crippen molar-refractivity contribution in [2.24, 2.45) is 0 Å². The van der Waals surface area contributed by atoms with E-state index >= 15 is 0 Å². The molecule has 2 heterocycles. The number of unbranched alkanes of at least 4 members (excludes halogenated alkanes) is 8. The van der Waals surface area contributed by atoms with Gasteiger partial charge in [0.2, 0.25) is 0 Å². The maximum absolute atomic E-state index is 12.8. The third-order valence-electron chi connectivity index (χ3n) is 9.38. The lowest BCUT2D eigenvalue weighted by molar-refractivity contribution is -0.332. The summed E-state index contributed by atoms with van der Waals surface area (Å²) in [6.45, 7) is 2.15. The molecule has 55 heavy (non-hydrogen) atoms.